The number of hydrogen-bond acceptors (Lipinski definition) is 2. The maximum Gasteiger partial charge on any atom is 0.321 e. The number of aryl methyl sites for hydroxylation is 2. The minimum Gasteiger partial charge on any atom is -0.481 e. The van der Waals surface area contributed by atoms with Crippen molar-refractivity contribution in [3.8, 4) is 0 Å². The quantitative estimate of drug-likeness (QED) is 0.899. The van der Waals surface area contributed by atoms with Crippen molar-refractivity contribution in [2.45, 2.75) is 33.1 Å². The van der Waals surface area contributed by atoms with Gasteiger partial charge in [0.05, 0.1) is 5.92 Å². The molecule has 0 unspecified atom stereocenters. The Hall–Kier alpha value is -2.04. The number of carbonyl (C=O) groups is 2. The third-order valence-corrected chi connectivity index (χ3v) is 4.11. The smallest absolute Gasteiger partial charge is 0.321 e. The van der Waals surface area contributed by atoms with Crippen LogP contribution in [0.1, 0.15) is 30.9 Å². The highest BCUT2D eigenvalue weighted by atomic mass is 16.4. The summed E-state index contributed by atoms with van der Waals surface area (Å²) in [5, 5.41) is 11.9. The molecule has 2 N–H and O–H groups in total. The average Bonchev–Trinajstić information content (AvgIpc) is 2.49. The Morgan fingerprint density at radius 3 is 2.57 bits per heavy atom. The fourth-order valence-electron chi connectivity index (χ4n) is 2.66. The normalized spacial score (nSPS) is 15.8. The van der Waals surface area contributed by atoms with Crippen LogP contribution in [0.25, 0.3) is 0 Å². The van der Waals surface area contributed by atoms with E-state index in [1.165, 1.54) is 11.1 Å². The minimum absolute atomic E-state index is 0.148. The van der Waals surface area contributed by atoms with Crippen LogP contribution in [0.2, 0.25) is 0 Å². The van der Waals surface area contributed by atoms with Crippen molar-refractivity contribution in [3.05, 3.63) is 29.3 Å². The van der Waals surface area contributed by atoms with Gasteiger partial charge in [0.2, 0.25) is 0 Å². The number of carbonyl (C=O) groups excluding carboxylic acids is 1. The summed E-state index contributed by atoms with van der Waals surface area (Å²) in [5.41, 5.74) is 3.23. The summed E-state index contributed by atoms with van der Waals surface area (Å²) in [7, 11) is 0. The summed E-state index contributed by atoms with van der Waals surface area (Å²) in [6.45, 7) is 5.14. The molecule has 2 rings (SSSR count). The number of amides is 2. The van der Waals surface area contributed by atoms with Crippen LogP contribution in [-0.4, -0.2) is 35.1 Å². The van der Waals surface area contributed by atoms with Crippen LogP contribution in [0.15, 0.2) is 18.2 Å². The molecule has 0 saturated carbocycles. The van der Waals surface area contributed by atoms with Gasteiger partial charge in [0.25, 0.3) is 0 Å². The number of anilines is 1. The van der Waals surface area contributed by atoms with Gasteiger partial charge in [-0.05, 0) is 49.4 Å². The van der Waals surface area contributed by atoms with Gasteiger partial charge < -0.3 is 15.3 Å². The fraction of sp³-hybridized carbons (Fsp3) is 0.500. The molecular weight excluding hydrogens is 268 g/mol. The Labute approximate surface area is 125 Å². The van der Waals surface area contributed by atoms with Gasteiger partial charge in [-0.2, -0.15) is 0 Å². The number of nitrogens with zero attached hydrogens (tertiary/aromatic N) is 1. The first-order valence-corrected chi connectivity index (χ1v) is 7.39. The van der Waals surface area contributed by atoms with Crippen molar-refractivity contribution in [3.63, 3.8) is 0 Å². The standard InChI is InChI=1S/C16H22N2O3/c1-3-12-10-14(5-4-11(12)2)17-16(21)18-8-6-13(7-9-18)15(19)20/h4-5,10,13H,3,6-9H2,1-2H3,(H,17,21)(H,19,20). The van der Waals surface area contributed by atoms with Crippen molar-refractivity contribution in [1.82, 2.24) is 4.90 Å². The second-order valence-corrected chi connectivity index (χ2v) is 5.52. The first-order chi connectivity index (χ1) is 10.0. The van der Waals surface area contributed by atoms with Gasteiger partial charge >= 0.3 is 12.0 Å². The molecule has 1 aliphatic rings. The zero-order chi connectivity index (χ0) is 15.4. The van der Waals surface area contributed by atoms with Gasteiger partial charge in [0, 0.05) is 18.8 Å². The molecule has 0 bridgehead atoms. The second kappa shape index (κ2) is 6.61. The fourth-order valence-corrected chi connectivity index (χ4v) is 2.66. The van der Waals surface area contributed by atoms with Crippen molar-refractivity contribution in [2.24, 2.45) is 5.92 Å². The summed E-state index contributed by atoms with van der Waals surface area (Å²) < 4.78 is 0. The molecule has 0 aromatic heterocycles. The number of carboxylic acids is 1. The van der Waals surface area contributed by atoms with Crippen LogP contribution in [0.4, 0.5) is 10.5 Å². The van der Waals surface area contributed by atoms with E-state index >= 15 is 0 Å². The van der Waals surface area contributed by atoms with E-state index in [9.17, 15) is 9.59 Å². The van der Waals surface area contributed by atoms with E-state index in [1.54, 1.807) is 4.90 Å². The number of benzene rings is 1. The second-order valence-electron chi connectivity index (χ2n) is 5.52. The predicted octanol–water partition coefficient (Wildman–Crippen LogP) is 2.89. The first kappa shape index (κ1) is 15.4. The molecule has 5 heteroatoms. The number of rotatable bonds is 3. The Balaban J connectivity index is 1.95. The molecule has 114 valence electrons. The first-order valence-electron chi connectivity index (χ1n) is 7.39. The van der Waals surface area contributed by atoms with Crippen molar-refractivity contribution < 1.29 is 14.7 Å². The molecular formula is C16H22N2O3. The Morgan fingerprint density at radius 1 is 1.33 bits per heavy atom. The van der Waals surface area contributed by atoms with E-state index in [-0.39, 0.29) is 11.9 Å². The summed E-state index contributed by atoms with van der Waals surface area (Å²) in [5.74, 6) is -1.08. The Morgan fingerprint density at radius 2 is 2.00 bits per heavy atom. The monoisotopic (exact) mass is 290 g/mol. The zero-order valence-corrected chi connectivity index (χ0v) is 12.6. The van der Waals surface area contributed by atoms with Crippen LogP contribution < -0.4 is 5.32 Å². The topological polar surface area (TPSA) is 69.6 Å². The molecule has 5 nitrogen and oxygen atoms in total. The molecule has 21 heavy (non-hydrogen) atoms. The molecule has 1 aliphatic heterocycles. The molecule has 1 fully saturated rings. The van der Waals surface area contributed by atoms with Gasteiger partial charge in [0.1, 0.15) is 0 Å². The Kier molecular flexibility index (Phi) is 4.83. The molecule has 1 aromatic rings. The van der Waals surface area contributed by atoms with E-state index in [0.29, 0.717) is 25.9 Å². The molecule has 1 saturated heterocycles. The van der Waals surface area contributed by atoms with Crippen molar-refractivity contribution in [2.75, 3.05) is 18.4 Å². The lowest BCUT2D eigenvalue weighted by Gasteiger charge is -2.30. The molecule has 1 aromatic carbocycles. The number of nitrogens with one attached hydrogen (secondary N) is 1. The number of carboxylic acid groups (broad SMARTS) is 1. The van der Waals surface area contributed by atoms with E-state index in [2.05, 4.69) is 19.2 Å². The van der Waals surface area contributed by atoms with Crippen LogP contribution in [-0.2, 0) is 11.2 Å². The maximum absolute atomic E-state index is 12.2. The number of aliphatic carboxylic acids is 1. The van der Waals surface area contributed by atoms with Crippen LogP contribution in [0.3, 0.4) is 0 Å². The summed E-state index contributed by atoms with van der Waals surface area (Å²) in [6, 6.07) is 5.75. The van der Waals surface area contributed by atoms with Crippen LogP contribution >= 0.6 is 0 Å². The highest BCUT2D eigenvalue weighted by Crippen LogP contribution is 2.20. The highest BCUT2D eigenvalue weighted by Gasteiger charge is 2.26. The zero-order valence-electron chi connectivity index (χ0n) is 12.6. The highest BCUT2D eigenvalue weighted by molar-refractivity contribution is 5.89. The van der Waals surface area contributed by atoms with Crippen LogP contribution in [0.5, 0.6) is 0 Å². The van der Waals surface area contributed by atoms with Gasteiger partial charge in [0.15, 0.2) is 0 Å². The van der Waals surface area contributed by atoms with E-state index < -0.39 is 5.97 Å². The van der Waals surface area contributed by atoms with Gasteiger partial charge in [-0.15, -0.1) is 0 Å². The summed E-state index contributed by atoms with van der Waals surface area (Å²) in [6.07, 6.45) is 1.98. The van der Waals surface area contributed by atoms with Gasteiger partial charge in [-0.3, -0.25) is 4.79 Å². The third-order valence-electron chi connectivity index (χ3n) is 4.11. The largest absolute Gasteiger partial charge is 0.481 e. The molecule has 0 radical (unpaired) electrons. The minimum atomic E-state index is -0.763. The lowest BCUT2D eigenvalue weighted by Crippen LogP contribution is -2.42. The van der Waals surface area contributed by atoms with E-state index in [4.69, 9.17) is 5.11 Å². The molecule has 0 aliphatic carbocycles. The number of piperidine rings is 1. The molecule has 0 spiro atoms. The van der Waals surface area contributed by atoms with E-state index in [0.717, 1.165) is 12.1 Å². The SMILES string of the molecule is CCc1cc(NC(=O)N2CCC(C(=O)O)CC2)ccc1C. The predicted molar refractivity (Wildman–Crippen MR) is 81.5 cm³/mol. The molecule has 2 amide bonds. The van der Waals surface area contributed by atoms with Gasteiger partial charge in [-0.1, -0.05) is 13.0 Å². The van der Waals surface area contributed by atoms with Gasteiger partial charge in [-0.25, -0.2) is 4.79 Å². The molecule has 1 heterocycles. The van der Waals surface area contributed by atoms with Crippen molar-refractivity contribution >= 4 is 17.7 Å². The number of likely N-dealkylation sites (tertiary alicyclic amines) is 1. The summed E-state index contributed by atoms with van der Waals surface area (Å²) in [4.78, 5) is 24.8. The summed E-state index contributed by atoms with van der Waals surface area (Å²) >= 11 is 0. The van der Waals surface area contributed by atoms with Crippen LogP contribution in [0, 0.1) is 12.8 Å². The lowest BCUT2D eigenvalue weighted by atomic mass is 9.97. The third kappa shape index (κ3) is 3.74. The van der Waals surface area contributed by atoms with Crippen molar-refractivity contribution in [1.29, 1.82) is 0 Å². The average molecular weight is 290 g/mol. The lowest BCUT2D eigenvalue weighted by molar-refractivity contribution is -0.143. The number of urea groups is 1. The number of hydrogen-bond donors (Lipinski definition) is 2. The van der Waals surface area contributed by atoms with E-state index in [1.807, 2.05) is 18.2 Å². The Bertz CT molecular complexity index is 534. The molecule has 0 atom stereocenters. The maximum atomic E-state index is 12.2.